The molecule has 0 amide bonds. The molecule has 6 heteroatoms. The first-order chi connectivity index (χ1) is 18.8. The Bertz CT molecular complexity index is 741. The highest BCUT2D eigenvalue weighted by Gasteiger charge is 2.34. The molecule has 0 saturated carbocycles. The molecule has 236 valence electrons. The summed E-state index contributed by atoms with van der Waals surface area (Å²) in [5.41, 5.74) is -0.187. The quantitative estimate of drug-likeness (QED) is 0.0708. The normalized spacial score (nSPS) is 16.9. The molecule has 0 saturated heterocycles. The summed E-state index contributed by atoms with van der Waals surface area (Å²) in [6, 6.07) is 0.693. The van der Waals surface area contributed by atoms with Gasteiger partial charge in [-0.05, 0) is 6.42 Å². The number of halogens is 4. The topological polar surface area (TPSA) is 4.44 Å². The number of rotatable bonds is 19. The molecule has 5 unspecified atom stereocenters. The molecule has 1 aromatic rings. The lowest BCUT2D eigenvalue weighted by molar-refractivity contribution is -0.811. The van der Waals surface area contributed by atoms with E-state index in [1.54, 1.807) is 28.2 Å². The first kappa shape index (κ1) is 39.4. The van der Waals surface area contributed by atoms with Crippen LogP contribution in [0.3, 0.4) is 0 Å². The lowest BCUT2D eigenvalue weighted by Gasteiger charge is -2.44. The zero-order valence-electron chi connectivity index (χ0n) is 27.9. The van der Waals surface area contributed by atoms with Crippen LogP contribution in [0.1, 0.15) is 120 Å². The Hall–Kier alpha value is -0.568. The second-order valence-electron chi connectivity index (χ2n) is 13.6. The van der Waals surface area contributed by atoms with Gasteiger partial charge >= 0.3 is 0 Å². The van der Waals surface area contributed by atoms with Crippen LogP contribution in [-0.2, 0) is 0 Å². The monoisotopic (exact) mass is 589 g/mol. The predicted octanol–water partition coefficient (Wildman–Crippen LogP) is 11.0. The third-order valence-corrected chi connectivity index (χ3v) is 16.1. The summed E-state index contributed by atoms with van der Waals surface area (Å²) < 4.78 is 51.5. The van der Waals surface area contributed by atoms with Crippen molar-refractivity contribution in [2.24, 2.45) is 23.7 Å². The molecule has 0 aliphatic heterocycles. The summed E-state index contributed by atoms with van der Waals surface area (Å²) in [7, 11) is 1.57. The average molecular weight is 590 g/mol. The van der Waals surface area contributed by atoms with Gasteiger partial charge in [0.2, 0.25) is 11.6 Å². The Labute approximate surface area is 248 Å². The fraction of sp³-hybridized carbons (Fsp3) is 0.824. The molecule has 0 bridgehead atoms. The third kappa shape index (κ3) is 14.6. The number of hydrogen-bond acceptors (Lipinski definition) is 0. The van der Waals surface area contributed by atoms with E-state index in [1.807, 2.05) is 6.92 Å². The molecule has 40 heavy (non-hydrogen) atoms. The molecule has 0 aliphatic rings. The molecule has 0 spiro atoms. The molecule has 5 atom stereocenters. The van der Waals surface area contributed by atoms with Gasteiger partial charge in [0.05, 0.1) is 13.6 Å². The van der Waals surface area contributed by atoms with Crippen LogP contribution in [0.2, 0.25) is 21.1 Å². The molecular formula is C34H64AlF4N. The lowest BCUT2D eigenvalue weighted by atomic mass is 10.1. The third-order valence-electron chi connectivity index (χ3n) is 8.92. The number of hydrogen-bond donors (Lipinski definition) is 1. The minimum atomic E-state index is -1.76. The minimum Gasteiger partial charge on any atom is -0.302 e. The van der Waals surface area contributed by atoms with Gasteiger partial charge in [0.1, 0.15) is 13.1 Å². The van der Waals surface area contributed by atoms with Gasteiger partial charge < -0.3 is 4.90 Å². The van der Waals surface area contributed by atoms with Gasteiger partial charge in [-0.2, -0.15) is 25.5 Å². The van der Waals surface area contributed by atoms with E-state index in [-0.39, 0.29) is 5.69 Å². The van der Waals surface area contributed by atoms with E-state index in [1.165, 1.54) is 51.4 Å². The van der Waals surface area contributed by atoms with E-state index in [4.69, 9.17) is 0 Å². The zero-order chi connectivity index (χ0) is 30.9. The Morgan fingerprint density at radius 2 is 0.925 bits per heavy atom. The minimum absolute atomic E-state index is 0.187. The molecule has 1 N–H and O–H groups in total. The summed E-state index contributed by atoms with van der Waals surface area (Å²) in [5.74, 6) is -2.34. The van der Waals surface area contributed by atoms with Crippen LogP contribution in [-0.4, -0.2) is 26.7 Å². The van der Waals surface area contributed by atoms with Crippen molar-refractivity contribution in [2.75, 3.05) is 13.6 Å². The molecule has 1 aromatic carbocycles. The van der Waals surface area contributed by atoms with Crippen molar-refractivity contribution < 1.29 is 22.5 Å². The fourth-order valence-corrected chi connectivity index (χ4v) is 16.8. The highest BCUT2D eigenvalue weighted by molar-refractivity contribution is 6.80. The fourth-order valence-electron chi connectivity index (χ4n) is 7.83. The number of quaternary nitrogens is 1. The molecule has 1 rings (SSSR count). The van der Waals surface area contributed by atoms with Crippen molar-refractivity contribution in [2.45, 2.75) is 141 Å². The molecular weight excluding hydrogens is 525 g/mol. The van der Waals surface area contributed by atoms with Gasteiger partial charge in [0.15, 0.2) is 17.3 Å². The van der Waals surface area contributed by atoms with Crippen LogP contribution in [0.5, 0.6) is 0 Å². The van der Waals surface area contributed by atoms with Crippen LogP contribution in [0.25, 0.3) is 0 Å². The van der Waals surface area contributed by atoms with E-state index in [2.05, 4.69) is 55.4 Å². The van der Waals surface area contributed by atoms with Crippen molar-refractivity contribution in [3.05, 3.63) is 29.3 Å². The second kappa shape index (κ2) is 21.2. The van der Waals surface area contributed by atoms with Crippen molar-refractivity contribution >= 4 is 18.8 Å². The first-order valence-electron chi connectivity index (χ1n) is 16.7. The number of benzene rings is 1. The standard InChI is InChI=1S/C10H11F4N.4C6H13.Al/c1-3-4-15(2)7-5-6(11)8(12)10(14)9(7)13;4*1-4-5-6(2)3;/h5H,3-4H2,1-2H3;4*6H,2,4-5H2,1,3H3;/q;;;;;-1/p+1. The smallest absolute Gasteiger partial charge is 0.222 e. The van der Waals surface area contributed by atoms with Crippen molar-refractivity contribution in [3.63, 3.8) is 0 Å². The molecule has 0 radical (unpaired) electrons. The highest BCUT2D eigenvalue weighted by Crippen LogP contribution is 2.41. The maximum Gasteiger partial charge on any atom is 0.222 e. The summed E-state index contributed by atoms with van der Waals surface area (Å²) in [6.45, 7) is 22.2. The van der Waals surface area contributed by atoms with Gasteiger partial charge in [-0.25, -0.2) is 13.2 Å². The van der Waals surface area contributed by atoms with Crippen molar-refractivity contribution in [3.8, 4) is 0 Å². The largest absolute Gasteiger partial charge is 0.302 e. The number of nitrogens with one attached hydrogen (secondary N) is 1. The average Bonchev–Trinajstić information content (AvgIpc) is 2.85. The first-order valence-corrected chi connectivity index (χ1v) is 19.9. The van der Waals surface area contributed by atoms with E-state index >= 15 is 0 Å². The van der Waals surface area contributed by atoms with Gasteiger partial charge in [0, 0.05) is 6.07 Å². The van der Waals surface area contributed by atoms with E-state index < -0.39 is 36.3 Å². The maximum atomic E-state index is 13.2. The summed E-state index contributed by atoms with van der Waals surface area (Å²) in [4.78, 5) is 0.507. The van der Waals surface area contributed by atoms with Crippen LogP contribution >= 0.6 is 0 Å². The maximum absolute atomic E-state index is 13.2. The Morgan fingerprint density at radius 1 is 0.575 bits per heavy atom. The molecule has 0 aromatic heterocycles. The Kier molecular flexibility index (Phi) is 20.9. The van der Waals surface area contributed by atoms with Crippen LogP contribution < -0.4 is 4.90 Å². The summed E-state index contributed by atoms with van der Waals surface area (Å²) >= 11 is -1.55. The lowest BCUT2D eigenvalue weighted by Crippen LogP contribution is -3.04. The van der Waals surface area contributed by atoms with E-state index in [9.17, 15) is 17.6 Å². The van der Waals surface area contributed by atoms with E-state index in [0.29, 0.717) is 17.5 Å². The van der Waals surface area contributed by atoms with Gasteiger partial charge in [-0.3, -0.25) is 0 Å². The zero-order valence-corrected chi connectivity index (χ0v) is 29.0. The second-order valence-corrected chi connectivity index (χ2v) is 19.0. The Balaban J connectivity index is 0.000000858. The van der Waals surface area contributed by atoms with Crippen LogP contribution in [0.15, 0.2) is 6.07 Å². The molecule has 0 aliphatic carbocycles. The summed E-state index contributed by atoms with van der Waals surface area (Å²) in [5, 5.41) is 6.54. The molecule has 0 fully saturated rings. The van der Waals surface area contributed by atoms with E-state index in [0.717, 1.165) is 30.1 Å². The SMILES string of the molecule is CCCC(C)[CH2][Al-]([CH2]C(C)CCC)([CH2]C(C)CCC)[CH2]C(C)CCC.CCC[NH+](C)c1cc(F)c(F)c(F)c1F. The van der Waals surface area contributed by atoms with Crippen molar-refractivity contribution in [1.29, 1.82) is 0 Å². The highest BCUT2D eigenvalue weighted by atomic mass is 27.2. The van der Waals surface area contributed by atoms with Gasteiger partial charge in [-0.15, -0.1) is 0 Å². The van der Waals surface area contributed by atoms with Gasteiger partial charge in [-0.1, -0.05) is 137 Å². The molecule has 0 heterocycles. The summed E-state index contributed by atoms with van der Waals surface area (Å²) in [6.07, 6.45) is 12.0. The van der Waals surface area contributed by atoms with Crippen LogP contribution in [0, 0.1) is 46.9 Å². The molecule has 1 nitrogen and oxygen atoms in total. The van der Waals surface area contributed by atoms with Crippen molar-refractivity contribution in [1.82, 2.24) is 0 Å². The predicted molar refractivity (Wildman–Crippen MR) is 169 cm³/mol. The van der Waals surface area contributed by atoms with Gasteiger partial charge in [0.25, 0.3) is 0 Å². The van der Waals surface area contributed by atoms with Crippen LogP contribution in [0.4, 0.5) is 23.2 Å². The Morgan fingerprint density at radius 3 is 1.23 bits per heavy atom.